The van der Waals surface area contributed by atoms with E-state index in [0.29, 0.717) is 0 Å². The Morgan fingerprint density at radius 1 is 1.30 bits per heavy atom. The fourth-order valence-electron chi connectivity index (χ4n) is 2.11. The lowest BCUT2D eigenvalue weighted by molar-refractivity contribution is 0.920. The smallest absolute Gasteiger partial charge is 0.181 e. The molecule has 0 radical (unpaired) electrons. The zero-order valence-electron chi connectivity index (χ0n) is 11.6. The highest BCUT2D eigenvalue weighted by Gasteiger charge is 2.04. The van der Waals surface area contributed by atoms with Crippen LogP contribution in [0.2, 0.25) is 0 Å². The van der Waals surface area contributed by atoms with Crippen LogP contribution in [0, 0.1) is 6.92 Å². The molecule has 0 aliphatic heterocycles. The Hall–Kier alpha value is -2.56. The predicted molar refractivity (Wildman–Crippen MR) is 79.3 cm³/mol. The standard InChI is InChI=1S/C15H17N5/c1-11-17-15(19-18-11)13-4-3-5-14(8-13)16-9-12-6-7-20(2)10-12/h3-8,10,16H,9H2,1-2H3,(H,17,18,19). The lowest BCUT2D eigenvalue weighted by Gasteiger charge is -2.06. The van der Waals surface area contributed by atoms with Crippen LogP contribution in [0.1, 0.15) is 11.4 Å². The Balaban J connectivity index is 1.74. The minimum absolute atomic E-state index is 0.728. The summed E-state index contributed by atoms with van der Waals surface area (Å²) in [6.07, 6.45) is 4.15. The molecule has 0 aliphatic carbocycles. The van der Waals surface area contributed by atoms with E-state index in [0.717, 1.165) is 29.4 Å². The number of rotatable bonds is 4. The van der Waals surface area contributed by atoms with Gasteiger partial charge in [-0.25, -0.2) is 4.98 Å². The molecule has 102 valence electrons. The summed E-state index contributed by atoms with van der Waals surface area (Å²) in [4.78, 5) is 4.35. The number of benzene rings is 1. The summed E-state index contributed by atoms with van der Waals surface area (Å²) in [5.74, 6) is 1.55. The van der Waals surface area contributed by atoms with Gasteiger partial charge in [0, 0.05) is 37.2 Å². The molecule has 0 bridgehead atoms. The van der Waals surface area contributed by atoms with Crippen molar-refractivity contribution in [2.75, 3.05) is 5.32 Å². The van der Waals surface area contributed by atoms with E-state index < -0.39 is 0 Å². The highest BCUT2D eigenvalue weighted by atomic mass is 15.2. The molecule has 0 amide bonds. The number of hydrogen-bond acceptors (Lipinski definition) is 3. The van der Waals surface area contributed by atoms with Crippen LogP contribution in [0.3, 0.4) is 0 Å². The van der Waals surface area contributed by atoms with Gasteiger partial charge >= 0.3 is 0 Å². The van der Waals surface area contributed by atoms with Crippen molar-refractivity contribution in [3.05, 3.63) is 54.1 Å². The third-order valence-electron chi connectivity index (χ3n) is 3.11. The zero-order chi connectivity index (χ0) is 13.9. The molecule has 3 rings (SSSR count). The predicted octanol–water partition coefficient (Wildman–Crippen LogP) is 2.73. The van der Waals surface area contributed by atoms with Crippen LogP contribution in [0.15, 0.2) is 42.7 Å². The molecule has 3 aromatic rings. The topological polar surface area (TPSA) is 58.5 Å². The summed E-state index contributed by atoms with van der Waals surface area (Å²) >= 11 is 0. The molecular formula is C15H17N5. The summed E-state index contributed by atoms with van der Waals surface area (Å²) < 4.78 is 2.05. The number of aromatic nitrogens is 4. The first kappa shape index (κ1) is 12.5. The van der Waals surface area contributed by atoms with Gasteiger partial charge in [0.25, 0.3) is 0 Å². The van der Waals surface area contributed by atoms with Crippen molar-refractivity contribution in [2.24, 2.45) is 7.05 Å². The SMILES string of the molecule is Cc1nc(-c2cccc(NCc3ccn(C)c3)c2)n[nH]1. The van der Waals surface area contributed by atoms with Crippen LogP contribution in [-0.4, -0.2) is 19.7 Å². The molecule has 0 spiro atoms. The van der Waals surface area contributed by atoms with Crippen molar-refractivity contribution >= 4 is 5.69 Å². The van der Waals surface area contributed by atoms with Crippen LogP contribution >= 0.6 is 0 Å². The molecular weight excluding hydrogens is 250 g/mol. The van der Waals surface area contributed by atoms with Crippen LogP contribution in [0.25, 0.3) is 11.4 Å². The molecule has 5 heteroatoms. The van der Waals surface area contributed by atoms with E-state index in [-0.39, 0.29) is 0 Å². The van der Waals surface area contributed by atoms with Gasteiger partial charge in [0.15, 0.2) is 5.82 Å². The van der Waals surface area contributed by atoms with Crippen molar-refractivity contribution in [2.45, 2.75) is 13.5 Å². The number of aryl methyl sites for hydroxylation is 2. The Kier molecular flexibility index (Phi) is 3.25. The maximum atomic E-state index is 4.35. The van der Waals surface area contributed by atoms with Gasteiger partial charge in [-0.05, 0) is 30.7 Å². The second kappa shape index (κ2) is 5.21. The molecule has 1 aromatic carbocycles. The van der Waals surface area contributed by atoms with Gasteiger partial charge in [-0.15, -0.1) is 0 Å². The minimum atomic E-state index is 0.728. The average molecular weight is 267 g/mol. The highest BCUT2D eigenvalue weighted by molar-refractivity contribution is 5.62. The molecule has 0 saturated heterocycles. The quantitative estimate of drug-likeness (QED) is 0.764. The van der Waals surface area contributed by atoms with Gasteiger partial charge in [0.05, 0.1) is 0 Å². The lowest BCUT2D eigenvalue weighted by atomic mass is 10.2. The molecule has 2 aromatic heterocycles. The number of hydrogen-bond donors (Lipinski definition) is 2. The second-order valence-electron chi connectivity index (χ2n) is 4.86. The van der Waals surface area contributed by atoms with E-state index in [2.05, 4.69) is 38.8 Å². The lowest BCUT2D eigenvalue weighted by Crippen LogP contribution is -1.98. The van der Waals surface area contributed by atoms with Gasteiger partial charge in [0.2, 0.25) is 0 Å². The monoisotopic (exact) mass is 267 g/mol. The Labute approximate surface area is 117 Å². The molecule has 0 unspecified atom stereocenters. The molecule has 5 nitrogen and oxygen atoms in total. The summed E-state index contributed by atoms with van der Waals surface area (Å²) in [5.41, 5.74) is 3.33. The van der Waals surface area contributed by atoms with E-state index in [9.17, 15) is 0 Å². The Morgan fingerprint density at radius 2 is 2.20 bits per heavy atom. The molecule has 0 fully saturated rings. The average Bonchev–Trinajstić information content (AvgIpc) is 3.06. The van der Waals surface area contributed by atoms with Gasteiger partial charge < -0.3 is 9.88 Å². The van der Waals surface area contributed by atoms with E-state index in [1.165, 1.54) is 5.56 Å². The zero-order valence-corrected chi connectivity index (χ0v) is 11.6. The fraction of sp³-hybridized carbons (Fsp3) is 0.200. The molecule has 20 heavy (non-hydrogen) atoms. The number of anilines is 1. The van der Waals surface area contributed by atoms with Crippen molar-refractivity contribution in [1.82, 2.24) is 19.7 Å². The fourth-order valence-corrected chi connectivity index (χ4v) is 2.11. The van der Waals surface area contributed by atoms with E-state index in [4.69, 9.17) is 0 Å². The van der Waals surface area contributed by atoms with Gasteiger partial charge in [-0.1, -0.05) is 12.1 Å². The Bertz CT molecular complexity index is 710. The Morgan fingerprint density at radius 3 is 2.90 bits per heavy atom. The van der Waals surface area contributed by atoms with Gasteiger partial charge in [-0.3, -0.25) is 5.10 Å². The molecule has 0 aliphatic rings. The maximum absolute atomic E-state index is 4.35. The van der Waals surface area contributed by atoms with Gasteiger partial charge in [0.1, 0.15) is 5.82 Å². The van der Waals surface area contributed by atoms with Crippen LogP contribution < -0.4 is 5.32 Å². The first-order chi connectivity index (χ1) is 9.70. The van der Waals surface area contributed by atoms with E-state index in [1.54, 1.807) is 0 Å². The number of nitrogens with one attached hydrogen (secondary N) is 2. The highest BCUT2D eigenvalue weighted by Crippen LogP contribution is 2.19. The normalized spacial score (nSPS) is 10.7. The van der Waals surface area contributed by atoms with Crippen molar-refractivity contribution in [3.8, 4) is 11.4 Å². The van der Waals surface area contributed by atoms with Crippen molar-refractivity contribution in [1.29, 1.82) is 0 Å². The summed E-state index contributed by atoms with van der Waals surface area (Å²) in [7, 11) is 2.02. The number of nitrogens with zero attached hydrogens (tertiary/aromatic N) is 3. The van der Waals surface area contributed by atoms with Gasteiger partial charge in [-0.2, -0.15) is 5.10 Å². The first-order valence-electron chi connectivity index (χ1n) is 6.55. The summed E-state index contributed by atoms with van der Waals surface area (Å²) in [6.45, 7) is 2.70. The third-order valence-corrected chi connectivity index (χ3v) is 3.11. The largest absolute Gasteiger partial charge is 0.381 e. The van der Waals surface area contributed by atoms with E-state index in [1.807, 2.05) is 42.9 Å². The minimum Gasteiger partial charge on any atom is -0.381 e. The number of H-pyrrole nitrogens is 1. The third kappa shape index (κ3) is 2.71. The van der Waals surface area contributed by atoms with Crippen molar-refractivity contribution < 1.29 is 0 Å². The maximum Gasteiger partial charge on any atom is 0.181 e. The molecule has 0 saturated carbocycles. The van der Waals surface area contributed by atoms with Crippen LogP contribution in [0.4, 0.5) is 5.69 Å². The molecule has 0 atom stereocenters. The van der Waals surface area contributed by atoms with Crippen LogP contribution in [-0.2, 0) is 13.6 Å². The summed E-state index contributed by atoms with van der Waals surface area (Å²) in [6, 6.07) is 10.2. The number of aromatic amines is 1. The second-order valence-corrected chi connectivity index (χ2v) is 4.86. The first-order valence-corrected chi connectivity index (χ1v) is 6.55. The molecule has 2 heterocycles. The van der Waals surface area contributed by atoms with E-state index >= 15 is 0 Å². The summed E-state index contributed by atoms with van der Waals surface area (Å²) in [5, 5.41) is 10.5. The van der Waals surface area contributed by atoms with Crippen LogP contribution in [0.5, 0.6) is 0 Å². The molecule has 2 N–H and O–H groups in total. The van der Waals surface area contributed by atoms with Crippen molar-refractivity contribution in [3.63, 3.8) is 0 Å².